The van der Waals surface area contributed by atoms with Crippen LogP contribution in [0, 0.1) is 0 Å². The van der Waals surface area contributed by atoms with Crippen LogP contribution in [-0.2, 0) is 35.6 Å². The minimum absolute atomic E-state index is 0.0967. The third-order valence-corrected chi connectivity index (χ3v) is 12.8. The summed E-state index contributed by atoms with van der Waals surface area (Å²) in [6.45, 7) is 5.49. The number of carbonyl (C=O) groups excluding carboxylic acids is 4. The van der Waals surface area contributed by atoms with Crippen LogP contribution in [0.5, 0.6) is 5.75 Å². The topological polar surface area (TPSA) is 126 Å². The second-order valence-electron chi connectivity index (χ2n) is 16.3. The first-order valence-electron chi connectivity index (χ1n) is 20.3. The Labute approximate surface area is 336 Å². The van der Waals surface area contributed by atoms with E-state index in [1.54, 1.807) is 12.1 Å². The normalized spacial score (nSPS) is 21.9. The first kappa shape index (κ1) is 36.0. The van der Waals surface area contributed by atoms with Crippen molar-refractivity contribution in [3.63, 3.8) is 0 Å². The van der Waals surface area contributed by atoms with Gasteiger partial charge in [0.15, 0.2) is 0 Å². The Bertz CT molecular complexity index is 2400. The number of carbonyl (C=O) groups is 4. The second-order valence-corrected chi connectivity index (χ2v) is 16.3. The van der Waals surface area contributed by atoms with E-state index in [-0.39, 0.29) is 24.7 Å². The number of hydrogen-bond acceptors (Lipinski definition) is 9. The van der Waals surface area contributed by atoms with E-state index in [4.69, 9.17) is 4.98 Å². The summed E-state index contributed by atoms with van der Waals surface area (Å²) in [7, 11) is 0. The summed E-state index contributed by atoms with van der Waals surface area (Å²) in [5.41, 5.74) is 10.2. The molecule has 1 aromatic heterocycles. The van der Waals surface area contributed by atoms with Gasteiger partial charge in [-0.1, -0.05) is 54.6 Å². The highest BCUT2D eigenvalue weighted by atomic mass is 16.3. The highest BCUT2D eigenvalue weighted by Gasteiger charge is 2.45. The van der Waals surface area contributed by atoms with Crippen molar-refractivity contribution in [1.29, 1.82) is 0 Å². The summed E-state index contributed by atoms with van der Waals surface area (Å²) >= 11 is 0. The quantitative estimate of drug-likeness (QED) is 0.195. The number of nitrogens with zero attached hydrogens (tertiary/aromatic N) is 5. The van der Waals surface area contributed by atoms with Crippen LogP contribution in [0.3, 0.4) is 0 Å². The molecule has 1 aliphatic carbocycles. The van der Waals surface area contributed by atoms with Crippen LogP contribution in [0.2, 0.25) is 0 Å². The number of phenols is 1. The van der Waals surface area contributed by atoms with Gasteiger partial charge in [-0.2, -0.15) is 0 Å². The monoisotopic (exact) mass is 772 g/mol. The zero-order chi connectivity index (χ0) is 39.5. The molecule has 1 unspecified atom stereocenters. The fourth-order valence-electron chi connectivity index (χ4n) is 9.87. The van der Waals surface area contributed by atoms with Gasteiger partial charge in [-0.25, -0.2) is 4.98 Å². The first-order chi connectivity index (χ1) is 28.3. The summed E-state index contributed by atoms with van der Waals surface area (Å²) in [5, 5.41) is 12.5. The van der Waals surface area contributed by atoms with E-state index in [1.165, 1.54) is 27.9 Å². The number of aromatic hydroxyl groups is 1. The lowest BCUT2D eigenvalue weighted by Crippen LogP contribution is -2.54. The number of pyridine rings is 1. The van der Waals surface area contributed by atoms with Crippen molar-refractivity contribution in [2.75, 3.05) is 36.0 Å². The lowest BCUT2D eigenvalue weighted by molar-refractivity contribution is -0.136. The number of piperidine rings is 1. The van der Waals surface area contributed by atoms with E-state index in [9.17, 15) is 24.3 Å². The van der Waals surface area contributed by atoms with Crippen LogP contribution in [0.25, 0.3) is 0 Å². The molecule has 0 bridgehead atoms. The largest absolute Gasteiger partial charge is 0.508 e. The standard InChI is InChI=1S/C47H44N6O5/c54-36-12-14-38-32(22-36)9-13-37(30-4-2-1-3-5-30)44(38)31-7-10-35(11-8-31)51-18-20-52(21-19-51)42-16-6-29(25-48-42)26-50-27-33-23-39-40(24-34(33)28-50)47(58)53(46(39)57)41-15-17-43(55)49-45(41)56/h1-8,10-12,14,16,22-25,37,41,44,54H,9,13,15,17-21,26-28H2,(H,49,55,56)/t37-,41?,44+/m1/s1. The van der Waals surface area contributed by atoms with Crippen molar-refractivity contribution >= 4 is 35.1 Å². The molecule has 0 spiro atoms. The molecular formula is C47H44N6O5. The molecule has 4 aromatic carbocycles. The number of anilines is 2. The molecule has 0 radical (unpaired) electrons. The fourth-order valence-corrected chi connectivity index (χ4v) is 9.87. The van der Waals surface area contributed by atoms with E-state index in [0.717, 1.165) is 66.4 Å². The molecular weight excluding hydrogens is 729 g/mol. The molecule has 2 fully saturated rings. The number of amides is 4. The highest BCUT2D eigenvalue weighted by molar-refractivity contribution is 6.23. The Morgan fingerprint density at radius 2 is 1.40 bits per heavy atom. The minimum atomic E-state index is -0.966. The molecule has 2 saturated heterocycles. The molecule has 3 atom stereocenters. The lowest BCUT2D eigenvalue weighted by atomic mass is 9.69. The number of phenolic OH excluding ortho intramolecular Hbond substituents is 1. The molecule has 5 aromatic rings. The Kier molecular flexibility index (Phi) is 9.05. The van der Waals surface area contributed by atoms with Crippen LogP contribution in [0.4, 0.5) is 11.5 Å². The second kappa shape index (κ2) is 14.6. The average molecular weight is 773 g/mol. The molecule has 5 heterocycles. The van der Waals surface area contributed by atoms with Crippen molar-refractivity contribution in [3.05, 3.63) is 153 Å². The number of nitrogens with one attached hydrogen (secondary N) is 1. The van der Waals surface area contributed by atoms with E-state index >= 15 is 0 Å². The number of rotatable bonds is 7. The molecule has 0 saturated carbocycles. The van der Waals surface area contributed by atoms with Gasteiger partial charge in [0.1, 0.15) is 17.6 Å². The summed E-state index contributed by atoms with van der Waals surface area (Å²) in [5.74, 6) is -0.0433. The zero-order valence-corrected chi connectivity index (χ0v) is 32.1. The Morgan fingerprint density at radius 3 is 2.07 bits per heavy atom. The van der Waals surface area contributed by atoms with Crippen molar-refractivity contribution in [1.82, 2.24) is 20.1 Å². The summed E-state index contributed by atoms with van der Waals surface area (Å²) < 4.78 is 0. The van der Waals surface area contributed by atoms with Crippen LogP contribution in [0.15, 0.2) is 103 Å². The number of hydrogen-bond donors (Lipinski definition) is 2. The summed E-state index contributed by atoms with van der Waals surface area (Å²) in [6, 6.07) is 32.7. The number of aromatic nitrogens is 1. The van der Waals surface area contributed by atoms with Gasteiger partial charge in [0, 0.05) is 70.0 Å². The molecule has 10 rings (SSSR count). The maximum Gasteiger partial charge on any atom is 0.262 e. The molecule has 4 amide bonds. The van der Waals surface area contributed by atoms with Crippen LogP contribution < -0.4 is 15.1 Å². The van der Waals surface area contributed by atoms with Gasteiger partial charge in [-0.3, -0.25) is 34.3 Å². The SMILES string of the molecule is O=C1CCC(N2C(=O)c3cc4c(cc3C2=O)CN(Cc2ccc(N3CCN(c5ccc([C@@H]6c7ccc(O)cc7CC[C@@H]6c6ccccc6)cc5)CC3)nc2)C4)C(=O)N1. The van der Waals surface area contributed by atoms with Crippen molar-refractivity contribution in [2.24, 2.45) is 0 Å². The summed E-state index contributed by atoms with van der Waals surface area (Å²) in [4.78, 5) is 63.7. The van der Waals surface area contributed by atoms with Crippen LogP contribution in [-0.4, -0.2) is 75.7 Å². The summed E-state index contributed by atoms with van der Waals surface area (Å²) in [6.07, 6.45) is 4.18. The van der Waals surface area contributed by atoms with Gasteiger partial charge < -0.3 is 14.9 Å². The molecule has 11 heteroatoms. The zero-order valence-electron chi connectivity index (χ0n) is 32.1. The van der Waals surface area contributed by atoms with Crippen molar-refractivity contribution < 1.29 is 24.3 Å². The van der Waals surface area contributed by atoms with Gasteiger partial charge in [0.2, 0.25) is 11.8 Å². The third kappa shape index (κ3) is 6.49. The lowest BCUT2D eigenvalue weighted by Gasteiger charge is -2.37. The maximum atomic E-state index is 13.3. The van der Waals surface area contributed by atoms with E-state index in [2.05, 4.69) is 92.8 Å². The fraction of sp³-hybridized carbons (Fsp3) is 0.298. The van der Waals surface area contributed by atoms with Gasteiger partial charge in [-0.15, -0.1) is 0 Å². The van der Waals surface area contributed by atoms with E-state index in [0.29, 0.717) is 42.4 Å². The Hall–Kier alpha value is -6.33. The molecule has 2 N–H and O–H groups in total. The number of fused-ring (bicyclic) bond motifs is 3. The van der Waals surface area contributed by atoms with Crippen molar-refractivity contribution in [3.8, 4) is 5.75 Å². The van der Waals surface area contributed by atoms with Crippen LogP contribution >= 0.6 is 0 Å². The smallest absolute Gasteiger partial charge is 0.262 e. The highest BCUT2D eigenvalue weighted by Crippen LogP contribution is 2.47. The minimum Gasteiger partial charge on any atom is -0.508 e. The van der Waals surface area contributed by atoms with Gasteiger partial charge in [0.05, 0.1) is 11.1 Å². The first-order valence-corrected chi connectivity index (χ1v) is 20.3. The molecule has 292 valence electrons. The molecule has 11 nitrogen and oxygen atoms in total. The number of aryl methyl sites for hydroxylation is 1. The predicted molar refractivity (Wildman–Crippen MR) is 219 cm³/mol. The van der Waals surface area contributed by atoms with Gasteiger partial charge in [0.25, 0.3) is 11.8 Å². The number of piperazine rings is 1. The van der Waals surface area contributed by atoms with E-state index < -0.39 is 23.8 Å². The van der Waals surface area contributed by atoms with Crippen molar-refractivity contribution in [2.45, 2.75) is 63.2 Å². The maximum absolute atomic E-state index is 13.3. The number of benzene rings is 4. The van der Waals surface area contributed by atoms with Gasteiger partial charge in [-0.05, 0) is 107 Å². The molecule has 5 aliphatic rings. The third-order valence-electron chi connectivity index (χ3n) is 12.8. The van der Waals surface area contributed by atoms with Gasteiger partial charge >= 0.3 is 0 Å². The molecule has 4 aliphatic heterocycles. The average Bonchev–Trinajstić information content (AvgIpc) is 3.75. The van der Waals surface area contributed by atoms with Crippen LogP contribution in [0.1, 0.15) is 90.8 Å². The van der Waals surface area contributed by atoms with E-state index in [1.807, 2.05) is 18.3 Å². The number of imide groups is 2. The predicted octanol–water partition coefficient (Wildman–Crippen LogP) is 5.89. The Balaban J connectivity index is 0.756. The molecule has 58 heavy (non-hydrogen) atoms. The Morgan fingerprint density at radius 1 is 0.690 bits per heavy atom.